The molecule has 1 nitrogen and oxygen atoms in total. The van der Waals surface area contributed by atoms with Crippen LogP contribution in [0.5, 0.6) is 0 Å². The summed E-state index contributed by atoms with van der Waals surface area (Å²) in [7, 11) is 0. The van der Waals surface area contributed by atoms with Crippen molar-refractivity contribution in [2.45, 2.75) is 175 Å². The number of fused-ring (bicyclic) bond motifs is 4. The summed E-state index contributed by atoms with van der Waals surface area (Å²) in [4.78, 5) is 2.47. The second-order valence-electron chi connectivity index (χ2n) is 26.2. The summed E-state index contributed by atoms with van der Waals surface area (Å²) in [6.07, 6.45) is 4.41. The van der Waals surface area contributed by atoms with Gasteiger partial charge in [-0.1, -0.05) is 208 Å². The smallest absolute Gasteiger partial charge is 0.242 e. The molecule has 364 valence electrons. The summed E-state index contributed by atoms with van der Waals surface area (Å²) in [5.74, 6) is 0.421. The maximum absolute atomic E-state index is 2.74. The Kier molecular flexibility index (Phi) is 11.9. The van der Waals surface area contributed by atoms with E-state index >= 15 is 0 Å². The van der Waals surface area contributed by atoms with Crippen LogP contribution in [0.3, 0.4) is 0 Å². The number of nitrogens with zero attached hydrogens (tertiary/aromatic N) is 1. The number of para-hydroxylation sites is 2. The molecule has 2 unspecified atom stereocenters. The second kappa shape index (κ2) is 17.3. The molecule has 0 fully saturated rings. The first-order chi connectivity index (χ1) is 33.4. The van der Waals surface area contributed by atoms with Crippen molar-refractivity contribution in [1.29, 1.82) is 0 Å². The Morgan fingerprint density at radius 3 is 1.66 bits per heavy atom. The van der Waals surface area contributed by atoms with Crippen molar-refractivity contribution in [3.63, 3.8) is 0 Å². The summed E-state index contributed by atoms with van der Waals surface area (Å²) in [5.41, 5.74) is 28.9. The van der Waals surface area contributed by atoms with Crippen LogP contribution in [-0.2, 0) is 33.5 Å². The molecule has 0 bridgehead atoms. The highest BCUT2D eigenvalue weighted by Gasteiger charge is 2.47. The minimum atomic E-state index is 0.0328. The lowest BCUT2D eigenvalue weighted by Gasteiger charge is -2.38. The molecular formula is C69H80BN. The monoisotopic (exact) mass is 934 g/mol. The zero-order valence-electron chi connectivity index (χ0n) is 46.2. The van der Waals surface area contributed by atoms with E-state index in [2.05, 4.69) is 249 Å². The first-order valence-electron chi connectivity index (χ1n) is 27.0. The van der Waals surface area contributed by atoms with E-state index in [9.17, 15) is 0 Å². The molecule has 2 atom stereocenters. The van der Waals surface area contributed by atoms with Crippen LogP contribution >= 0.6 is 0 Å². The zero-order chi connectivity index (χ0) is 50.7. The predicted molar refractivity (Wildman–Crippen MR) is 308 cm³/mol. The molecule has 1 aliphatic heterocycles. The topological polar surface area (TPSA) is 3.24 Å². The molecule has 2 aliphatic carbocycles. The van der Waals surface area contributed by atoms with E-state index in [4.69, 9.17) is 0 Å². The van der Waals surface area contributed by atoms with Gasteiger partial charge >= 0.3 is 0 Å². The summed E-state index contributed by atoms with van der Waals surface area (Å²) < 4.78 is 0. The van der Waals surface area contributed by atoms with Crippen LogP contribution in [0.25, 0.3) is 0 Å². The molecule has 1 heterocycles. The highest BCUT2D eigenvalue weighted by molar-refractivity contribution is 6.97. The van der Waals surface area contributed by atoms with Crippen molar-refractivity contribution >= 4 is 40.2 Å². The number of rotatable bonds is 9. The van der Waals surface area contributed by atoms with Gasteiger partial charge in [-0.25, -0.2) is 0 Å². The predicted octanol–water partition coefficient (Wildman–Crippen LogP) is 16.4. The van der Waals surface area contributed by atoms with E-state index in [1.165, 1.54) is 94.4 Å². The fourth-order valence-electron chi connectivity index (χ4n) is 14.7. The van der Waals surface area contributed by atoms with Crippen LogP contribution in [-0.4, -0.2) is 6.71 Å². The fraction of sp³-hybridized carbons (Fsp3) is 0.391. The highest BCUT2D eigenvalue weighted by Crippen LogP contribution is 2.52. The van der Waals surface area contributed by atoms with E-state index in [0.717, 1.165) is 37.1 Å². The number of benzene rings is 7. The SMILES string of the molecule is Cc1cc(C)c2c(c1)C(CCc1ccc(C(C)(C)C)cc1C)c1cc3c(cc1B2c1cc(N(c2ccccc2)c2ccccc2)ccc1C(C)c1cc2c(cc1C)C(C)(C)CC2(C)C)C(C)(C)CC3(C)C. The van der Waals surface area contributed by atoms with Gasteiger partial charge in [0.1, 0.15) is 0 Å². The van der Waals surface area contributed by atoms with Crippen molar-refractivity contribution in [3.05, 3.63) is 211 Å². The number of aryl methyl sites for hydroxylation is 5. The van der Waals surface area contributed by atoms with Gasteiger partial charge in [0, 0.05) is 28.9 Å². The second-order valence-corrected chi connectivity index (χ2v) is 26.2. The van der Waals surface area contributed by atoms with Crippen LogP contribution in [0.15, 0.2) is 133 Å². The molecule has 0 radical (unpaired) electrons. The Bertz CT molecular complexity index is 3150. The van der Waals surface area contributed by atoms with Crippen molar-refractivity contribution in [1.82, 2.24) is 0 Å². The maximum atomic E-state index is 2.74. The molecule has 0 spiro atoms. The molecule has 7 aromatic rings. The standard InChI is InChI=1S/C69H80BN/c1-43-33-46(4)64-57(34-43)54(31-28-48-27-29-49(35-44(48)2)65(6,7)8)56-39-60-61(69(15,16)42-68(60,13)14)40-63(56)70(64)62-37-52(71(50-23-19-17-20-24-50)51-25-21-18-22-26-51)30-32-53(62)47(5)55-38-59-58(36-45(55)3)66(9,10)41-67(59,11)12/h17-27,29-30,32-40,47,54H,28,31,41-42H2,1-16H3. The summed E-state index contributed by atoms with van der Waals surface area (Å²) in [6, 6.07) is 52.5. The number of anilines is 3. The minimum Gasteiger partial charge on any atom is -0.311 e. The van der Waals surface area contributed by atoms with Crippen molar-refractivity contribution in [2.24, 2.45) is 0 Å². The summed E-state index contributed by atoms with van der Waals surface area (Å²) in [5, 5.41) is 0. The van der Waals surface area contributed by atoms with Gasteiger partial charge in [-0.2, -0.15) is 0 Å². The molecular weight excluding hydrogens is 854 g/mol. The van der Waals surface area contributed by atoms with Gasteiger partial charge in [-0.3, -0.25) is 0 Å². The van der Waals surface area contributed by atoms with Gasteiger partial charge in [0.15, 0.2) is 0 Å². The van der Waals surface area contributed by atoms with Gasteiger partial charge in [0.05, 0.1) is 0 Å². The van der Waals surface area contributed by atoms with Crippen molar-refractivity contribution in [2.75, 3.05) is 4.90 Å². The molecule has 0 N–H and O–H groups in total. The van der Waals surface area contributed by atoms with Gasteiger partial charge in [0.2, 0.25) is 6.71 Å². The Balaban J connectivity index is 1.25. The van der Waals surface area contributed by atoms with Crippen LogP contribution in [0.4, 0.5) is 17.1 Å². The first-order valence-corrected chi connectivity index (χ1v) is 27.0. The van der Waals surface area contributed by atoms with E-state index in [1.807, 2.05) is 0 Å². The van der Waals surface area contributed by atoms with E-state index < -0.39 is 0 Å². The minimum absolute atomic E-state index is 0.0328. The molecule has 0 saturated carbocycles. The highest BCUT2D eigenvalue weighted by atomic mass is 15.1. The number of hydrogen-bond donors (Lipinski definition) is 0. The van der Waals surface area contributed by atoms with Crippen LogP contribution in [0, 0.1) is 27.7 Å². The van der Waals surface area contributed by atoms with Crippen LogP contribution in [0.1, 0.15) is 192 Å². The third kappa shape index (κ3) is 8.54. The Hall–Kier alpha value is -5.60. The zero-order valence-corrected chi connectivity index (χ0v) is 46.2. The summed E-state index contributed by atoms with van der Waals surface area (Å²) in [6.45, 7) is 38.8. The largest absolute Gasteiger partial charge is 0.311 e. The molecule has 0 aromatic heterocycles. The van der Waals surface area contributed by atoms with E-state index in [1.54, 1.807) is 5.56 Å². The first kappa shape index (κ1) is 49.0. The molecule has 3 aliphatic rings. The lowest BCUT2D eigenvalue weighted by atomic mass is 9.31. The Morgan fingerprint density at radius 2 is 1.08 bits per heavy atom. The quantitative estimate of drug-likeness (QED) is 0.130. The van der Waals surface area contributed by atoms with Gasteiger partial charge in [-0.05, 0) is 184 Å². The Morgan fingerprint density at radius 1 is 0.521 bits per heavy atom. The average molecular weight is 934 g/mol. The van der Waals surface area contributed by atoms with Crippen LogP contribution in [0.2, 0.25) is 0 Å². The fourth-order valence-corrected chi connectivity index (χ4v) is 14.7. The molecule has 0 amide bonds. The molecule has 2 heteroatoms. The average Bonchev–Trinajstić information content (AvgIpc) is 3.60. The van der Waals surface area contributed by atoms with E-state index in [-0.39, 0.29) is 45.6 Å². The molecule has 0 saturated heterocycles. The molecule has 71 heavy (non-hydrogen) atoms. The third-order valence-electron chi connectivity index (χ3n) is 17.7. The van der Waals surface area contributed by atoms with Crippen molar-refractivity contribution < 1.29 is 0 Å². The lowest BCUT2D eigenvalue weighted by molar-refractivity contribution is 0.402. The summed E-state index contributed by atoms with van der Waals surface area (Å²) >= 11 is 0. The van der Waals surface area contributed by atoms with Gasteiger partial charge in [0.25, 0.3) is 0 Å². The van der Waals surface area contributed by atoms with Gasteiger partial charge in [-0.15, -0.1) is 0 Å². The van der Waals surface area contributed by atoms with Crippen LogP contribution < -0.4 is 21.3 Å². The van der Waals surface area contributed by atoms with E-state index in [0.29, 0.717) is 0 Å². The normalized spacial score (nSPS) is 18.4. The Labute approximate surface area is 429 Å². The van der Waals surface area contributed by atoms with Crippen molar-refractivity contribution in [3.8, 4) is 0 Å². The molecule has 10 rings (SSSR count). The third-order valence-corrected chi connectivity index (χ3v) is 17.7. The maximum Gasteiger partial charge on any atom is 0.242 e. The van der Waals surface area contributed by atoms with Gasteiger partial charge < -0.3 is 4.90 Å². The number of hydrogen-bond acceptors (Lipinski definition) is 1. The molecule has 7 aromatic carbocycles. The lowest BCUT2D eigenvalue weighted by Crippen LogP contribution is -2.60.